The van der Waals surface area contributed by atoms with Crippen LogP contribution in [-0.2, 0) is 12.8 Å². The molecule has 0 spiro atoms. The number of aromatic nitrogens is 2. The molecule has 1 aromatic rings. The molecule has 110 valence electrons. The largest absolute Gasteiger partial charge is 0.425 e. The lowest BCUT2D eigenvalue weighted by atomic mass is 9.80. The molecule has 0 fully saturated rings. The van der Waals surface area contributed by atoms with Crippen LogP contribution in [0.2, 0.25) is 0 Å². The summed E-state index contributed by atoms with van der Waals surface area (Å²) in [5, 5.41) is 11.6. The zero-order valence-electron chi connectivity index (χ0n) is 13.1. The van der Waals surface area contributed by atoms with Crippen molar-refractivity contribution in [2.45, 2.75) is 60.3 Å². The number of nitrogens with one attached hydrogen (secondary N) is 1. The van der Waals surface area contributed by atoms with Crippen molar-refractivity contribution in [2.75, 3.05) is 13.1 Å². The van der Waals surface area contributed by atoms with Gasteiger partial charge in [-0.15, -0.1) is 10.2 Å². The Kier molecular flexibility index (Phi) is 6.49. The van der Waals surface area contributed by atoms with Crippen LogP contribution in [0.1, 0.15) is 59.2 Å². The molecule has 0 aromatic carbocycles. The smallest absolute Gasteiger partial charge is 0.216 e. The first-order valence-corrected chi connectivity index (χ1v) is 7.45. The third-order valence-corrected chi connectivity index (χ3v) is 3.64. The van der Waals surface area contributed by atoms with Crippen molar-refractivity contribution in [2.24, 2.45) is 11.3 Å². The molecule has 0 amide bonds. The summed E-state index contributed by atoms with van der Waals surface area (Å²) in [7, 11) is 0. The molecule has 0 radical (unpaired) electrons. The van der Waals surface area contributed by atoms with Gasteiger partial charge in [-0.25, -0.2) is 0 Å². The second-order valence-corrected chi connectivity index (χ2v) is 6.41. The summed E-state index contributed by atoms with van der Waals surface area (Å²) in [5.41, 5.74) is 0.276. The van der Waals surface area contributed by atoms with Crippen molar-refractivity contribution < 1.29 is 4.42 Å². The van der Waals surface area contributed by atoms with Gasteiger partial charge in [0.25, 0.3) is 0 Å². The minimum atomic E-state index is 0.276. The van der Waals surface area contributed by atoms with Gasteiger partial charge >= 0.3 is 0 Å². The summed E-state index contributed by atoms with van der Waals surface area (Å²) >= 11 is 0. The van der Waals surface area contributed by atoms with E-state index in [1.165, 1.54) is 6.42 Å². The molecule has 0 bridgehead atoms. The molecule has 0 aliphatic carbocycles. The van der Waals surface area contributed by atoms with E-state index < -0.39 is 0 Å². The van der Waals surface area contributed by atoms with E-state index in [1.54, 1.807) is 0 Å². The maximum Gasteiger partial charge on any atom is 0.216 e. The second kappa shape index (κ2) is 7.63. The highest BCUT2D eigenvalue weighted by atomic mass is 16.4. The lowest BCUT2D eigenvalue weighted by molar-refractivity contribution is 0.243. The highest BCUT2D eigenvalue weighted by Gasteiger charge is 2.22. The molecule has 1 rings (SSSR count). The van der Waals surface area contributed by atoms with Gasteiger partial charge in [0, 0.05) is 12.8 Å². The van der Waals surface area contributed by atoms with Crippen molar-refractivity contribution in [1.29, 1.82) is 0 Å². The van der Waals surface area contributed by atoms with E-state index >= 15 is 0 Å². The van der Waals surface area contributed by atoms with Crippen LogP contribution in [0.25, 0.3) is 0 Å². The zero-order chi connectivity index (χ0) is 14.3. The maximum atomic E-state index is 5.71. The molecule has 1 heterocycles. The molecule has 1 aromatic heterocycles. The van der Waals surface area contributed by atoms with Gasteiger partial charge in [-0.2, -0.15) is 0 Å². The maximum absolute atomic E-state index is 5.71. The predicted molar refractivity (Wildman–Crippen MR) is 78.1 cm³/mol. The van der Waals surface area contributed by atoms with E-state index in [9.17, 15) is 0 Å². The van der Waals surface area contributed by atoms with Crippen molar-refractivity contribution in [3.63, 3.8) is 0 Å². The molecular formula is C15H29N3O. The molecule has 0 saturated heterocycles. The van der Waals surface area contributed by atoms with E-state index in [0.717, 1.165) is 44.1 Å². The topological polar surface area (TPSA) is 51.0 Å². The van der Waals surface area contributed by atoms with Crippen LogP contribution in [0, 0.1) is 11.3 Å². The average molecular weight is 267 g/mol. The number of nitrogens with zero attached hydrogens (tertiary/aromatic N) is 2. The van der Waals surface area contributed by atoms with Gasteiger partial charge < -0.3 is 9.73 Å². The molecule has 0 aliphatic heterocycles. The number of hydrogen-bond donors (Lipinski definition) is 1. The van der Waals surface area contributed by atoms with Gasteiger partial charge in [0.2, 0.25) is 11.8 Å². The molecule has 0 saturated carbocycles. The van der Waals surface area contributed by atoms with Crippen LogP contribution in [0.4, 0.5) is 0 Å². The van der Waals surface area contributed by atoms with Gasteiger partial charge in [-0.05, 0) is 37.3 Å². The van der Waals surface area contributed by atoms with E-state index in [4.69, 9.17) is 4.42 Å². The molecule has 1 atom stereocenters. The molecular weight excluding hydrogens is 238 g/mol. The van der Waals surface area contributed by atoms with Crippen molar-refractivity contribution in [3.05, 3.63) is 11.8 Å². The lowest BCUT2D eigenvalue weighted by Crippen LogP contribution is -2.19. The Morgan fingerprint density at radius 3 is 2.47 bits per heavy atom. The van der Waals surface area contributed by atoms with Crippen LogP contribution in [0.5, 0.6) is 0 Å². The van der Waals surface area contributed by atoms with Gasteiger partial charge in [-0.1, -0.05) is 34.6 Å². The Morgan fingerprint density at radius 1 is 1.16 bits per heavy atom. The summed E-state index contributed by atoms with van der Waals surface area (Å²) < 4.78 is 5.71. The fourth-order valence-electron chi connectivity index (χ4n) is 1.71. The van der Waals surface area contributed by atoms with Crippen molar-refractivity contribution >= 4 is 0 Å². The Labute approximate surface area is 117 Å². The quantitative estimate of drug-likeness (QED) is 0.735. The van der Waals surface area contributed by atoms with Crippen LogP contribution in [0.3, 0.4) is 0 Å². The normalized spacial score (nSPS) is 13.7. The molecule has 1 N–H and O–H groups in total. The third kappa shape index (κ3) is 6.19. The van der Waals surface area contributed by atoms with Crippen LogP contribution < -0.4 is 5.32 Å². The minimum Gasteiger partial charge on any atom is -0.425 e. The van der Waals surface area contributed by atoms with Crippen LogP contribution in [-0.4, -0.2) is 23.3 Å². The van der Waals surface area contributed by atoms with Crippen LogP contribution in [0.15, 0.2) is 4.42 Å². The summed E-state index contributed by atoms with van der Waals surface area (Å²) in [4.78, 5) is 0. The first kappa shape index (κ1) is 16.2. The van der Waals surface area contributed by atoms with Gasteiger partial charge in [0.05, 0.1) is 0 Å². The van der Waals surface area contributed by atoms with Gasteiger partial charge in [0.1, 0.15) is 0 Å². The van der Waals surface area contributed by atoms with E-state index in [2.05, 4.69) is 50.1 Å². The zero-order valence-corrected chi connectivity index (χ0v) is 13.1. The summed E-state index contributed by atoms with van der Waals surface area (Å²) in [6, 6.07) is 0. The number of hydrogen-bond acceptors (Lipinski definition) is 4. The van der Waals surface area contributed by atoms with Gasteiger partial charge in [0.15, 0.2) is 0 Å². The molecule has 0 aliphatic rings. The average Bonchev–Trinajstić information content (AvgIpc) is 2.75. The number of aryl methyl sites for hydroxylation is 1. The predicted octanol–water partition coefficient (Wildman–Crippen LogP) is 3.23. The Hall–Kier alpha value is -0.900. The van der Waals surface area contributed by atoms with E-state index in [0.29, 0.717) is 5.92 Å². The Morgan fingerprint density at radius 2 is 1.84 bits per heavy atom. The summed E-state index contributed by atoms with van der Waals surface area (Å²) in [6.07, 6.45) is 3.96. The molecule has 1 unspecified atom stereocenters. The molecule has 4 nitrogen and oxygen atoms in total. The summed E-state index contributed by atoms with van der Waals surface area (Å²) in [6.45, 7) is 13.2. The molecule has 4 heteroatoms. The lowest BCUT2D eigenvalue weighted by Gasteiger charge is -2.25. The van der Waals surface area contributed by atoms with Crippen LogP contribution >= 0.6 is 0 Å². The highest BCUT2D eigenvalue weighted by Crippen LogP contribution is 2.28. The third-order valence-electron chi connectivity index (χ3n) is 3.64. The Bertz CT molecular complexity index is 355. The fraction of sp³-hybridized carbons (Fsp3) is 0.867. The molecule has 19 heavy (non-hydrogen) atoms. The Balaban J connectivity index is 2.32. The van der Waals surface area contributed by atoms with E-state index in [1.807, 2.05) is 0 Å². The SMILES string of the molecule is CCCNCCCc1nnc(CC(C)C(C)(C)C)o1. The number of rotatable bonds is 8. The second-order valence-electron chi connectivity index (χ2n) is 6.41. The van der Waals surface area contributed by atoms with Gasteiger partial charge in [-0.3, -0.25) is 0 Å². The summed E-state index contributed by atoms with van der Waals surface area (Å²) in [5.74, 6) is 2.08. The van der Waals surface area contributed by atoms with Crippen molar-refractivity contribution in [3.8, 4) is 0 Å². The first-order chi connectivity index (χ1) is 8.93. The first-order valence-electron chi connectivity index (χ1n) is 7.45. The van der Waals surface area contributed by atoms with Crippen molar-refractivity contribution in [1.82, 2.24) is 15.5 Å². The highest BCUT2D eigenvalue weighted by molar-refractivity contribution is 4.86. The van der Waals surface area contributed by atoms with E-state index in [-0.39, 0.29) is 5.41 Å². The monoisotopic (exact) mass is 267 g/mol. The fourth-order valence-corrected chi connectivity index (χ4v) is 1.71. The standard InChI is InChI=1S/C15H29N3O/c1-6-9-16-10-7-8-13-17-18-14(19-13)11-12(2)15(3,4)5/h12,16H,6-11H2,1-5H3. The minimum absolute atomic E-state index is 0.276.